The molecule has 6 aliphatic carbocycles. The molecule has 0 N–H and O–H groups in total. The average molecular weight is 433 g/mol. The Morgan fingerprint density at radius 1 is 0.412 bits per heavy atom. The van der Waals surface area contributed by atoms with Crippen molar-refractivity contribution in [3.05, 3.63) is 192 Å². The van der Waals surface area contributed by atoms with E-state index in [0.717, 1.165) is 6.42 Å². The van der Waals surface area contributed by atoms with E-state index in [0.29, 0.717) is 0 Å². The normalized spacial score (nSPS) is 27.1. The van der Waals surface area contributed by atoms with Gasteiger partial charge in [0.25, 0.3) is 0 Å². The van der Waals surface area contributed by atoms with Crippen LogP contribution in [0.15, 0.2) is 128 Å². The van der Waals surface area contributed by atoms with Crippen LogP contribution in [0.4, 0.5) is 0 Å². The van der Waals surface area contributed by atoms with Crippen LogP contribution >= 0.6 is 0 Å². The van der Waals surface area contributed by atoms with Crippen molar-refractivity contribution in [3.8, 4) is 0 Å². The van der Waals surface area contributed by atoms with E-state index in [-0.39, 0.29) is 5.92 Å². The zero-order valence-electron chi connectivity index (χ0n) is 18.9. The third-order valence-electron chi connectivity index (χ3n) is 7.48. The van der Waals surface area contributed by atoms with Gasteiger partial charge in [0.2, 0.25) is 0 Å². The second kappa shape index (κ2) is 8.42. The molecule has 0 bridgehead atoms. The molecule has 2 fully saturated rings. The summed E-state index contributed by atoms with van der Waals surface area (Å²) in [7, 11) is 0. The third kappa shape index (κ3) is 3.18. The molecule has 160 valence electrons. The quantitative estimate of drug-likeness (QED) is 0.464. The third-order valence-corrected chi connectivity index (χ3v) is 7.48. The van der Waals surface area contributed by atoms with Crippen molar-refractivity contribution < 1.29 is 0 Å². The first-order valence-corrected chi connectivity index (χ1v) is 12.1. The first-order chi connectivity index (χ1) is 16.9. The van der Waals surface area contributed by atoms with Crippen LogP contribution in [0.5, 0.6) is 0 Å². The fraction of sp³-hybridized carbons (Fsp3) is 0.0588. The molecular formula is C34H24. The Bertz CT molecular complexity index is 1080. The van der Waals surface area contributed by atoms with Crippen LogP contribution in [0.1, 0.15) is 17.9 Å². The number of hydrogen-bond donors (Lipinski definition) is 0. The van der Waals surface area contributed by atoms with Gasteiger partial charge in [-0.15, -0.1) is 0 Å². The topological polar surface area (TPSA) is 0 Å². The van der Waals surface area contributed by atoms with Crippen molar-refractivity contribution in [2.24, 2.45) is 0 Å². The molecule has 7 rings (SSSR count). The minimum atomic E-state index is 0.264. The van der Waals surface area contributed by atoms with Crippen LogP contribution in [0, 0.1) is 59.2 Å². The Morgan fingerprint density at radius 2 is 0.794 bits per heavy atom. The summed E-state index contributed by atoms with van der Waals surface area (Å²) in [5.41, 5.74) is 1.37. The molecule has 34 heavy (non-hydrogen) atoms. The lowest BCUT2D eigenvalue weighted by atomic mass is 9.67. The van der Waals surface area contributed by atoms with Crippen LogP contribution in [0.2, 0.25) is 0 Å². The van der Waals surface area contributed by atoms with E-state index in [1.807, 2.05) is 0 Å². The van der Waals surface area contributed by atoms with Crippen LogP contribution in [-0.4, -0.2) is 0 Å². The highest BCUT2D eigenvalue weighted by atomic mass is 14.6. The SMILES string of the molecule is C1=C[C]2[C]3C=CC=C[C]3[C](C[C@@H]([C]3[C]4C=CC=C[C]4[C]4C=CC=C[C]43)c3ccccc3)[C]2C=C1. The lowest BCUT2D eigenvalue weighted by Crippen LogP contribution is -2.24. The Balaban J connectivity index is 1.30. The summed E-state index contributed by atoms with van der Waals surface area (Å²) >= 11 is 0. The van der Waals surface area contributed by atoms with Gasteiger partial charge in [0, 0.05) is 59.2 Å². The van der Waals surface area contributed by atoms with Crippen molar-refractivity contribution >= 4 is 0 Å². The highest BCUT2D eigenvalue weighted by Gasteiger charge is 2.55. The van der Waals surface area contributed by atoms with Crippen LogP contribution in [0.3, 0.4) is 0 Å². The number of hydrogen-bond acceptors (Lipinski definition) is 0. The molecule has 0 aliphatic heterocycles. The van der Waals surface area contributed by atoms with Crippen molar-refractivity contribution in [1.82, 2.24) is 0 Å². The summed E-state index contributed by atoms with van der Waals surface area (Å²) in [5, 5.41) is 0. The molecule has 1 aromatic carbocycles. The molecule has 1 aromatic rings. The van der Waals surface area contributed by atoms with Gasteiger partial charge in [-0.05, 0) is 17.9 Å². The summed E-state index contributed by atoms with van der Waals surface area (Å²) in [6, 6.07) is 11.1. The highest BCUT2D eigenvalue weighted by Crippen LogP contribution is 2.65. The van der Waals surface area contributed by atoms with E-state index >= 15 is 0 Å². The molecule has 0 heterocycles. The maximum Gasteiger partial charge on any atom is 0.0209 e. The maximum absolute atomic E-state index is 2.31. The largest absolute Gasteiger partial charge is 0.0758 e. The monoisotopic (exact) mass is 432 g/mol. The summed E-state index contributed by atoms with van der Waals surface area (Å²) in [4.78, 5) is 0. The van der Waals surface area contributed by atoms with E-state index in [4.69, 9.17) is 0 Å². The van der Waals surface area contributed by atoms with Crippen LogP contribution < -0.4 is 0 Å². The van der Waals surface area contributed by atoms with E-state index in [1.165, 1.54) is 64.7 Å². The molecule has 0 spiro atoms. The molecule has 6 aliphatic rings. The Kier molecular flexibility index (Phi) is 5.08. The summed E-state index contributed by atoms with van der Waals surface area (Å²) in [5.74, 6) is 14.1. The molecule has 0 amide bonds. The first kappa shape index (κ1) is 20.5. The van der Waals surface area contributed by atoms with E-state index < -0.39 is 0 Å². The highest BCUT2D eigenvalue weighted by molar-refractivity contribution is 5.80. The minimum Gasteiger partial charge on any atom is -0.0758 e. The van der Waals surface area contributed by atoms with Gasteiger partial charge in [0.05, 0.1) is 0 Å². The predicted octanol–water partition coefficient (Wildman–Crippen LogP) is 7.44. The van der Waals surface area contributed by atoms with Gasteiger partial charge < -0.3 is 0 Å². The lowest BCUT2D eigenvalue weighted by Gasteiger charge is -2.35. The zero-order valence-corrected chi connectivity index (χ0v) is 18.9. The van der Waals surface area contributed by atoms with Crippen molar-refractivity contribution in [2.75, 3.05) is 0 Å². The van der Waals surface area contributed by atoms with Gasteiger partial charge in [-0.1, -0.05) is 128 Å². The lowest BCUT2D eigenvalue weighted by molar-refractivity contribution is 0.657. The minimum absolute atomic E-state index is 0.264. The number of benzene rings is 1. The Morgan fingerprint density at radius 3 is 1.26 bits per heavy atom. The predicted molar refractivity (Wildman–Crippen MR) is 139 cm³/mol. The van der Waals surface area contributed by atoms with E-state index in [9.17, 15) is 0 Å². The molecule has 2 saturated carbocycles. The number of rotatable bonds is 4. The van der Waals surface area contributed by atoms with Crippen LogP contribution in [0.25, 0.3) is 0 Å². The zero-order chi connectivity index (χ0) is 22.5. The fourth-order valence-electron chi connectivity index (χ4n) is 6.03. The standard InChI is InChI=1S/C34H24/c1-2-12-23(13-3-1)32(34-30-20-10-8-16-26(30)27-17-9-11-21-31(27)34)22-33-28-18-6-4-14-24(28)25-15-5-7-19-29(25)33/h1-21,32H,22H2/t32-/m1/s1. The molecule has 0 aromatic heterocycles. The fourth-order valence-corrected chi connectivity index (χ4v) is 6.03. The summed E-state index contributed by atoms with van der Waals surface area (Å²) < 4.78 is 0. The first-order valence-electron chi connectivity index (χ1n) is 12.1. The summed E-state index contributed by atoms with van der Waals surface area (Å²) in [6.07, 6.45) is 36.6. The van der Waals surface area contributed by atoms with Gasteiger partial charge in [0.15, 0.2) is 0 Å². The number of allylic oxidation sites excluding steroid dienone is 16. The second-order valence-corrected chi connectivity index (χ2v) is 9.24. The molecule has 1 atom stereocenters. The maximum atomic E-state index is 2.31. The molecule has 0 unspecified atom stereocenters. The molecule has 0 saturated heterocycles. The smallest absolute Gasteiger partial charge is 0.0209 e. The van der Waals surface area contributed by atoms with Gasteiger partial charge in [0.1, 0.15) is 0 Å². The molecule has 10 radical (unpaired) electrons. The van der Waals surface area contributed by atoms with Gasteiger partial charge in [-0.2, -0.15) is 0 Å². The average Bonchev–Trinajstić information content (AvgIpc) is 3.41. The van der Waals surface area contributed by atoms with Crippen molar-refractivity contribution in [1.29, 1.82) is 0 Å². The van der Waals surface area contributed by atoms with E-state index in [1.54, 1.807) is 0 Å². The van der Waals surface area contributed by atoms with Crippen molar-refractivity contribution in [3.63, 3.8) is 0 Å². The molecule has 0 heteroatoms. The molecular weight excluding hydrogens is 408 g/mol. The summed E-state index contributed by atoms with van der Waals surface area (Å²) in [6.45, 7) is 0. The van der Waals surface area contributed by atoms with Crippen molar-refractivity contribution in [2.45, 2.75) is 12.3 Å². The van der Waals surface area contributed by atoms with Gasteiger partial charge >= 0.3 is 0 Å². The molecule has 0 nitrogen and oxygen atoms in total. The Hall–Kier alpha value is -2.86. The van der Waals surface area contributed by atoms with Gasteiger partial charge in [-0.25, -0.2) is 0 Å². The van der Waals surface area contributed by atoms with E-state index in [2.05, 4.69) is 128 Å². The van der Waals surface area contributed by atoms with Gasteiger partial charge in [-0.3, -0.25) is 0 Å². The van der Waals surface area contributed by atoms with Crippen LogP contribution in [-0.2, 0) is 0 Å². The number of fused-ring (bicyclic) bond motifs is 6. The Labute approximate surface area is 204 Å². The second-order valence-electron chi connectivity index (χ2n) is 9.24.